The fraction of sp³-hybridized carbons (Fsp3) is 0.615. The molecule has 2 unspecified atom stereocenters. The van der Waals surface area contributed by atoms with Gasteiger partial charge in [0.05, 0.1) is 13.2 Å². The third-order valence-corrected chi connectivity index (χ3v) is 3.44. The summed E-state index contributed by atoms with van der Waals surface area (Å²) in [7, 11) is 1.30. The highest BCUT2D eigenvalue weighted by molar-refractivity contribution is 5.85. The van der Waals surface area contributed by atoms with Crippen molar-refractivity contribution in [2.45, 2.75) is 31.8 Å². The molecule has 0 aliphatic heterocycles. The number of hydrogen-bond acceptors (Lipinski definition) is 6. The zero-order chi connectivity index (χ0) is 13.7. The largest absolute Gasteiger partial charge is 0.463 e. The van der Waals surface area contributed by atoms with Crippen molar-refractivity contribution in [3.63, 3.8) is 0 Å². The zero-order valence-corrected chi connectivity index (χ0v) is 11.0. The molecule has 2 atom stereocenters. The Morgan fingerprint density at radius 3 is 3.05 bits per heavy atom. The SMILES string of the molecule is COC(=O)c1nccc(NCC2CCCCC2O)n1. The van der Waals surface area contributed by atoms with Crippen LogP contribution in [0.5, 0.6) is 0 Å². The van der Waals surface area contributed by atoms with Crippen LogP contribution in [-0.2, 0) is 4.74 Å². The molecule has 0 saturated heterocycles. The predicted octanol–water partition coefficient (Wildman–Crippen LogP) is 1.23. The van der Waals surface area contributed by atoms with E-state index in [1.54, 1.807) is 6.07 Å². The minimum atomic E-state index is -0.554. The molecule has 0 amide bonds. The highest BCUT2D eigenvalue weighted by Crippen LogP contribution is 2.24. The second-order valence-corrected chi connectivity index (χ2v) is 4.75. The Hall–Kier alpha value is -1.69. The Labute approximate surface area is 112 Å². The van der Waals surface area contributed by atoms with Crippen molar-refractivity contribution in [2.75, 3.05) is 19.0 Å². The number of hydrogen-bond donors (Lipinski definition) is 2. The molecule has 2 rings (SSSR count). The van der Waals surface area contributed by atoms with Gasteiger partial charge in [-0.05, 0) is 18.9 Å². The summed E-state index contributed by atoms with van der Waals surface area (Å²) in [4.78, 5) is 19.2. The van der Waals surface area contributed by atoms with E-state index in [-0.39, 0.29) is 17.8 Å². The predicted molar refractivity (Wildman–Crippen MR) is 69.8 cm³/mol. The van der Waals surface area contributed by atoms with E-state index in [0.717, 1.165) is 25.7 Å². The molecule has 6 nitrogen and oxygen atoms in total. The molecule has 1 heterocycles. The highest BCUT2D eigenvalue weighted by Gasteiger charge is 2.22. The van der Waals surface area contributed by atoms with Crippen LogP contribution < -0.4 is 5.32 Å². The Morgan fingerprint density at radius 1 is 1.53 bits per heavy atom. The number of carbonyl (C=O) groups excluding carboxylic acids is 1. The topological polar surface area (TPSA) is 84.3 Å². The van der Waals surface area contributed by atoms with Gasteiger partial charge in [0.25, 0.3) is 0 Å². The number of aliphatic hydroxyl groups is 1. The minimum absolute atomic E-state index is 0.0386. The van der Waals surface area contributed by atoms with Crippen molar-refractivity contribution >= 4 is 11.8 Å². The third-order valence-electron chi connectivity index (χ3n) is 3.44. The number of anilines is 1. The lowest BCUT2D eigenvalue weighted by Gasteiger charge is -2.27. The minimum Gasteiger partial charge on any atom is -0.463 e. The van der Waals surface area contributed by atoms with Crippen molar-refractivity contribution in [3.05, 3.63) is 18.1 Å². The molecule has 1 aliphatic carbocycles. The molecule has 1 aromatic heterocycles. The summed E-state index contributed by atoms with van der Waals surface area (Å²) in [5.74, 6) is 0.302. The van der Waals surface area contributed by atoms with Crippen molar-refractivity contribution in [3.8, 4) is 0 Å². The van der Waals surface area contributed by atoms with E-state index in [9.17, 15) is 9.90 Å². The van der Waals surface area contributed by atoms with Crippen molar-refractivity contribution in [1.29, 1.82) is 0 Å². The second-order valence-electron chi connectivity index (χ2n) is 4.75. The van der Waals surface area contributed by atoms with Crippen LogP contribution in [0.15, 0.2) is 12.3 Å². The van der Waals surface area contributed by atoms with E-state index in [1.165, 1.54) is 13.3 Å². The molecule has 1 saturated carbocycles. The average Bonchev–Trinajstić information content (AvgIpc) is 2.46. The molecular weight excluding hydrogens is 246 g/mol. The van der Waals surface area contributed by atoms with Crippen LogP contribution in [0.4, 0.5) is 5.82 Å². The summed E-state index contributed by atoms with van der Waals surface area (Å²) < 4.78 is 4.57. The first-order valence-corrected chi connectivity index (χ1v) is 6.54. The number of methoxy groups -OCH3 is 1. The number of esters is 1. The van der Waals surface area contributed by atoms with Crippen molar-refractivity contribution in [1.82, 2.24) is 9.97 Å². The van der Waals surface area contributed by atoms with Gasteiger partial charge in [-0.1, -0.05) is 12.8 Å². The summed E-state index contributed by atoms with van der Waals surface area (Å²) in [5, 5.41) is 13.0. The number of aromatic nitrogens is 2. The van der Waals surface area contributed by atoms with E-state index in [0.29, 0.717) is 12.4 Å². The summed E-state index contributed by atoms with van der Waals surface area (Å²) in [6.45, 7) is 0.652. The van der Waals surface area contributed by atoms with Gasteiger partial charge < -0.3 is 15.2 Å². The Morgan fingerprint density at radius 2 is 2.32 bits per heavy atom. The van der Waals surface area contributed by atoms with Gasteiger partial charge >= 0.3 is 5.97 Å². The molecule has 104 valence electrons. The van der Waals surface area contributed by atoms with Crippen molar-refractivity contribution < 1.29 is 14.6 Å². The van der Waals surface area contributed by atoms with E-state index in [1.807, 2.05) is 0 Å². The Balaban J connectivity index is 1.93. The Kier molecular flexibility index (Phi) is 4.68. The molecule has 1 aliphatic rings. The summed E-state index contributed by atoms with van der Waals surface area (Å²) in [5.41, 5.74) is 0. The van der Waals surface area contributed by atoms with Gasteiger partial charge in [0.1, 0.15) is 5.82 Å². The van der Waals surface area contributed by atoms with Gasteiger partial charge in [0, 0.05) is 18.7 Å². The molecule has 0 spiro atoms. The number of nitrogens with zero attached hydrogens (tertiary/aromatic N) is 2. The van der Waals surface area contributed by atoms with Gasteiger partial charge in [0.2, 0.25) is 5.82 Å². The number of aliphatic hydroxyl groups excluding tert-OH is 1. The maximum absolute atomic E-state index is 11.3. The normalized spacial score (nSPS) is 22.8. The van der Waals surface area contributed by atoms with Gasteiger partial charge in [-0.15, -0.1) is 0 Å². The lowest BCUT2D eigenvalue weighted by molar-refractivity contribution is 0.0586. The van der Waals surface area contributed by atoms with E-state index in [2.05, 4.69) is 20.0 Å². The number of carbonyl (C=O) groups is 1. The standard InChI is InChI=1S/C13H19N3O3/c1-19-13(18)12-14-7-6-11(16-12)15-8-9-4-2-3-5-10(9)17/h6-7,9-10,17H,2-5,8H2,1H3,(H,14,15,16). The smallest absolute Gasteiger partial charge is 0.376 e. The molecule has 0 bridgehead atoms. The summed E-state index contributed by atoms with van der Waals surface area (Å²) in [6.07, 6.45) is 5.40. The summed E-state index contributed by atoms with van der Waals surface area (Å²) in [6, 6.07) is 1.70. The molecule has 1 aromatic rings. The van der Waals surface area contributed by atoms with Crippen LogP contribution in [0.2, 0.25) is 0 Å². The molecule has 2 N–H and O–H groups in total. The first-order valence-electron chi connectivity index (χ1n) is 6.54. The lowest BCUT2D eigenvalue weighted by atomic mass is 9.86. The van der Waals surface area contributed by atoms with Gasteiger partial charge in [-0.3, -0.25) is 0 Å². The first-order chi connectivity index (χ1) is 9.20. The number of rotatable bonds is 4. The average molecular weight is 265 g/mol. The van der Waals surface area contributed by atoms with Gasteiger partial charge in [-0.2, -0.15) is 0 Å². The Bertz CT molecular complexity index is 439. The molecule has 0 radical (unpaired) electrons. The van der Waals surface area contributed by atoms with E-state index in [4.69, 9.17) is 0 Å². The summed E-state index contributed by atoms with van der Waals surface area (Å²) >= 11 is 0. The maximum atomic E-state index is 11.3. The third kappa shape index (κ3) is 3.64. The molecular formula is C13H19N3O3. The van der Waals surface area contributed by atoms with Crippen LogP contribution in [0, 0.1) is 5.92 Å². The zero-order valence-electron chi connectivity index (χ0n) is 11.0. The monoisotopic (exact) mass is 265 g/mol. The second kappa shape index (κ2) is 6.47. The van der Waals surface area contributed by atoms with Crippen LogP contribution >= 0.6 is 0 Å². The van der Waals surface area contributed by atoms with Gasteiger partial charge in [-0.25, -0.2) is 14.8 Å². The lowest BCUT2D eigenvalue weighted by Crippen LogP contribution is -2.30. The first kappa shape index (κ1) is 13.7. The number of ether oxygens (including phenoxy) is 1. The fourth-order valence-corrected chi connectivity index (χ4v) is 2.31. The van der Waals surface area contributed by atoms with E-state index < -0.39 is 5.97 Å². The quantitative estimate of drug-likeness (QED) is 0.796. The highest BCUT2D eigenvalue weighted by atomic mass is 16.5. The molecule has 1 fully saturated rings. The molecule has 6 heteroatoms. The molecule has 19 heavy (non-hydrogen) atoms. The molecule has 0 aromatic carbocycles. The van der Waals surface area contributed by atoms with Crippen LogP contribution in [0.3, 0.4) is 0 Å². The van der Waals surface area contributed by atoms with Crippen molar-refractivity contribution in [2.24, 2.45) is 5.92 Å². The van der Waals surface area contributed by atoms with Crippen LogP contribution in [0.25, 0.3) is 0 Å². The number of nitrogens with one attached hydrogen (secondary N) is 1. The van der Waals surface area contributed by atoms with E-state index >= 15 is 0 Å². The maximum Gasteiger partial charge on any atom is 0.376 e. The van der Waals surface area contributed by atoms with Crippen LogP contribution in [0.1, 0.15) is 36.3 Å². The van der Waals surface area contributed by atoms with Crippen LogP contribution in [-0.4, -0.2) is 40.8 Å². The van der Waals surface area contributed by atoms with Gasteiger partial charge in [0.15, 0.2) is 0 Å². The fourth-order valence-electron chi connectivity index (χ4n) is 2.31.